The highest BCUT2D eigenvalue weighted by Crippen LogP contribution is 2.17. The maximum absolute atomic E-state index is 11.9. The Kier molecular flexibility index (Phi) is 5.34. The van der Waals surface area contributed by atoms with E-state index in [1.165, 1.54) is 11.3 Å². The molecule has 0 aliphatic rings. The summed E-state index contributed by atoms with van der Waals surface area (Å²) >= 11 is 1.41. The van der Waals surface area contributed by atoms with Gasteiger partial charge in [0.05, 0.1) is 4.88 Å². The number of hydrogen-bond acceptors (Lipinski definition) is 3. The Morgan fingerprint density at radius 2 is 2.06 bits per heavy atom. The van der Waals surface area contributed by atoms with Crippen molar-refractivity contribution >= 4 is 23.2 Å². The van der Waals surface area contributed by atoms with Gasteiger partial charge in [0.1, 0.15) is 6.04 Å². The monoisotopic (exact) mass is 269 g/mol. The van der Waals surface area contributed by atoms with E-state index >= 15 is 0 Å². The highest BCUT2D eigenvalue weighted by molar-refractivity contribution is 7.14. The molecule has 0 radical (unpaired) electrons. The molecule has 1 amide bonds. The van der Waals surface area contributed by atoms with Crippen LogP contribution in [0, 0.1) is 5.92 Å². The third-order valence-electron chi connectivity index (χ3n) is 2.54. The minimum absolute atomic E-state index is 0.223. The second-order valence-electron chi connectivity index (χ2n) is 4.61. The van der Waals surface area contributed by atoms with Gasteiger partial charge in [0.2, 0.25) is 0 Å². The first kappa shape index (κ1) is 14.7. The summed E-state index contributed by atoms with van der Waals surface area (Å²) in [7, 11) is 0. The molecule has 0 bridgehead atoms. The highest BCUT2D eigenvalue weighted by atomic mass is 32.1. The van der Waals surface area contributed by atoms with Gasteiger partial charge in [-0.3, -0.25) is 4.79 Å². The lowest BCUT2D eigenvalue weighted by Crippen LogP contribution is -2.41. The third kappa shape index (κ3) is 4.14. The predicted octanol–water partition coefficient (Wildman–Crippen LogP) is 2.54. The summed E-state index contributed by atoms with van der Waals surface area (Å²) in [4.78, 5) is 24.7. The van der Waals surface area contributed by atoms with Crippen molar-refractivity contribution < 1.29 is 14.7 Å². The van der Waals surface area contributed by atoms with Crippen LogP contribution in [0.5, 0.6) is 0 Å². The zero-order valence-corrected chi connectivity index (χ0v) is 11.7. The van der Waals surface area contributed by atoms with Crippen molar-refractivity contribution in [1.82, 2.24) is 5.32 Å². The molecule has 1 aromatic heterocycles. The van der Waals surface area contributed by atoms with Crippen LogP contribution in [0.25, 0.3) is 0 Å². The molecule has 0 aromatic carbocycles. The van der Waals surface area contributed by atoms with E-state index in [1.54, 1.807) is 6.07 Å². The number of nitrogens with one attached hydrogen (secondary N) is 1. The molecule has 1 heterocycles. The van der Waals surface area contributed by atoms with Crippen molar-refractivity contribution in [3.63, 3.8) is 0 Å². The summed E-state index contributed by atoms with van der Waals surface area (Å²) < 4.78 is 0. The standard InChI is InChI=1S/C13H19NO3S/c1-4-9-5-6-11(18-9)12(15)14-10(13(16)17)7-8(2)3/h5-6,8,10H,4,7H2,1-3H3,(H,14,15)(H,16,17). The van der Waals surface area contributed by atoms with Crippen LogP contribution < -0.4 is 5.32 Å². The summed E-state index contributed by atoms with van der Waals surface area (Å²) in [6, 6.07) is 2.83. The average Bonchev–Trinajstić information content (AvgIpc) is 2.75. The van der Waals surface area contributed by atoms with Crippen molar-refractivity contribution in [3.8, 4) is 0 Å². The summed E-state index contributed by atoms with van der Waals surface area (Å²) in [5.41, 5.74) is 0. The highest BCUT2D eigenvalue weighted by Gasteiger charge is 2.22. The van der Waals surface area contributed by atoms with Crippen molar-refractivity contribution in [2.45, 2.75) is 39.7 Å². The van der Waals surface area contributed by atoms with Crippen LogP contribution in [-0.2, 0) is 11.2 Å². The van der Waals surface area contributed by atoms with Crippen molar-refractivity contribution in [2.75, 3.05) is 0 Å². The topological polar surface area (TPSA) is 66.4 Å². The minimum Gasteiger partial charge on any atom is -0.480 e. The van der Waals surface area contributed by atoms with Gasteiger partial charge in [-0.15, -0.1) is 11.3 Å². The number of carboxylic acids is 1. The molecular formula is C13H19NO3S. The van der Waals surface area contributed by atoms with Gasteiger partial charge in [-0.1, -0.05) is 20.8 Å². The van der Waals surface area contributed by atoms with Crippen molar-refractivity contribution in [2.24, 2.45) is 5.92 Å². The maximum Gasteiger partial charge on any atom is 0.326 e. The molecule has 100 valence electrons. The molecule has 0 saturated carbocycles. The molecule has 4 nitrogen and oxygen atoms in total. The normalized spacial score (nSPS) is 12.4. The molecule has 1 unspecified atom stereocenters. The number of aliphatic carboxylic acids is 1. The number of carboxylic acid groups (broad SMARTS) is 1. The van der Waals surface area contributed by atoms with Gasteiger partial charge in [-0.2, -0.15) is 0 Å². The number of thiophene rings is 1. The maximum atomic E-state index is 11.9. The molecule has 0 aliphatic carbocycles. The molecule has 0 fully saturated rings. The first-order chi connectivity index (χ1) is 8.43. The number of aryl methyl sites for hydroxylation is 1. The number of carbonyl (C=O) groups excluding carboxylic acids is 1. The Morgan fingerprint density at radius 3 is 2.50 bits per heavy atom. The Morgan fingerprint density at radius 1 is 1.39 bits per heavy atom. The second kappa shape index (κ2) is 6.54. The second-order valence-corrected chi connectivity index (χ2v) is 5.78. The fourth-order valence-corrected chi connectivity index (χ4v) is 2.46. The smallest absolute Gasteiger partial charge is 0.326 e. The molecule has 1 aromatic rings. The Bertz CT molecular complexity index is 426. The lowest BCUT2D eigenvalue weighted by molar-refractivity contribution is -0.139. The Balaban J connectivity index is 2.69. The van der Waals surface area contributed by atoms with Crippen LogP contribution in [0.2, 0.25) is 0 Å². The largest absolute Gasteiger partial charge is 0.480 e. The van der Waals surface area contributed by atoms with E-state index in [4.69, 9.17) is 5.11 Å². The summed E-state index contributed by atoms with van der Waals surface area (Å²) in [6.45, 7) is 5.89. The fourth-order valence-electron chi connectivity index (χ4n) is 1.61. The molecule has 0 saturated heterocycles. The molecule has 1 rings (SSSR count). The summed E-state index contributed by atoms with van der Waals surface area (Å²) in [5, 5.41) is 11.6. The van der Waals surface area contributed by atoms with Crippen molar-refractivity contribution in [1.29, 1.82) is 0 Å². The van der Waals surface area contributed by atoms with Gasteiger partial charge in [-0.25, -0.2) is 4.79 Å². The summed E-state index contributed by atoms with van der Waals surface area (Å²) in [6.07, 6.45) is 1.32. The van der Waals surface area contributed by atoms with E-state index in [0.717, 1.165) is 11.3 Å². The van der Waals surface area contributed by atoms with Gasteiger partial charge < -0.3 is 10.4 Å². The van der Waals surface area contributed by atoms with Gasteiger partial charge in [-0.05, 0) is 30.9 Å². The molecular weight excluding hydrogens is 250 g/mol. The quantitative estimate of drug-likeness (QED) is 0.834. The van der Waals surface area contributed by atoms with Crippen LogP contribution in [0.15, 0.2) is 12.1 Å². The molecule has 5 heteroatoms. The van der Waals surface area contributed by atoms with E-state index in [-0.39, 0.29) is 11.8 Å². The lowest BCUT2D eigenvalue weighted by Gasteiger charge is -2.15. The third-order valence-corrected chi connectivity index (χ3v) is 3.77. The fraction of sp³-hybridized carbons (Fsp3) is 0.538. The van der Waals surface area contributed by atoms with E-state index in [2.05, 4.69) is 5.32 Å². The molecule has 1 atom stereocenters. The first-order valence-electron chi connectivity index (χ1n) is 6.06. The van der Waals surface area contributed by atoms with Crippen LogP contribution in [0.3, 0.4) is 0 Å². The minimum atomic E-state index is -0.982. The number of amides is 1. The molecule has 18 heavy (non-hydrogen) atoms. The van der Waals surface area contributed by atoms with E-state index in [9.17, 15) is 9.59 Å². The summed E-state index contributed by atoms with van der Waals surface area (Å²) in [5.74, 6) is -1.06. The number of rotatable bonds is 6. The average molecular weight is 269 g/mol. The van der Waals surface area contributed by atoms with Gasteiger partial charge in [0, 0.05) is 4.88 Å². The van der Waals surface area contributed by atoms with Crippen molar-refractivity contribution in [3.05, 3.63) is 21.9 Å². The van der Waals surface area contributed by atoms with Crippen LogP contribution in [-0.4, -0.2) is 23.0 Å². The zero-order chi connectivity index (χ0) is 13.7. The molecule has 0 aliphatic heterocycles. The molecule has 2 N–H and O–H groups in total. The van der Waals surface area contributed by atoms with Gasteiger partial charge >= 0.3 is 5.97 Å². The van der Waals surface area contributed by atoms with Crippen LogP contribution in [0.1, 0.15) is 41.7 Å². The van der Waals surface area contributed by atoms with Crippen LogP contribution in [0.4, 0.5) is 0 Å². The number of carbonyl (C=O) groups is 2. The first-order valence-corrected chi connectivity index (χ1v) is 6.88. The Labute approximate surface area is 111 Å². The van der Waals surface area contributed by atoms with Crippen LogP contribution >= 0.6 is 11.3 Å². The van der Waals surface area contributed by atoms with E-state index < -0.39 is 12.0 Å². The van der Waals surface area contributed by atoms with E-state index in [0.29, 0.717) is 11.3 Å². The Hall–Kier alpha value is -1.36. The van der Waals surface area contributed by atoms with Gasteiger partial charge in [0.15, 0.2) is 0 Å². The predicted molar refractivity (Wildman–Crippen MR) is 72.0 cm³/mol. The van der Waals surface area contributed by atoms with Gasteiger partial charge in [0.25, 0.3) is 5.91 Å². The molecule has 0 spiro atoms. The zero-order valence-electron chi connectivity index (χ0n) is 10.9. The lowest BCUT2D eigenvalue weighted by atomic mass is 10.0. The number of hydrogen-bond donors (Lipinski definition) is 2. The van der Waals surface area contributed by atoms with E-state index in [1.807, 2.05) is 26.8 Å². The SMILES string of the molecule is CCc1ccc(C(=O)NC(CC(C)C)C(=O)O)s1.